The summed E-state index contributed by atoms with van der Waals surface area (Å²) in [4.78, 5) is 13.2. The zero-order valence-electron chi connectivity index (χ0n) is 9.55. The van der Waals surface area contributed by atoms with Gasteiger partial charge in [0.15, 0.2) is 0 Å². The van der Waals surface area contributed by atoms with Crippen LogP contribution in [-0.2, 0) is 4.79 Å². The van der Waals surface area contributed by atoms with E-state index in [-0.39, 0.29) is 11.9 Å². The van der Waals surface area contributed by atoms with Gasteiger partial charge < -0.3 is 4.90 Å². The molecule has 0 heterocycles. The zero-order chi connectivity index (χ0) is 11.1. The predicted molar refractivity (Wildman–Crippen MR) is 61.1 cm³/mol. The van der Waals surface area contributed by atoms with Crippen molar-refractivity contribution in [2.45, 2.75) is 39.7 Å². The van der Waals surface area contributed by atoms with Crippen LogP contribution >= 0.6 is 0 Å². The smallest absolute Gasteiger partial charge is 0.219 e. The fourth-order valence-electron chi connectivity index (χ4n) is 1.43. The molecule has 0 fully saturated rings. The highest BCUT2D eigenvalue weighted by atomic mass is 16.2. The molecule has 0 aromatic rings. The van der Waals surface area contributed by atoms with Crippen LogP contribution in [0.5, 0.6) is 0 Å². The minimum absolute atomic E-state index is 0.106. The van der Waals surface area contributed by atoms with Crippen LogP contribution in [0.1, 0.15) is 33.6 Å². The van der Waals surface area contributed by atoms with Gasteiger partial charge >= 0.3 is 0 Å². The SMILES string of the molecule is C=CC(=C)CN(C(C)=O)C(C)CCC. The lowest BCUT2D eigenvalue weighted by Gasteiger charge is -2.28. The first-order chi connectivity index (χ1) is 6.52. The number of nitrogens with zero attached hydrogens (tertiary/aromatic N) is 1. The van der Waals surface area contributed by atoms with Gasteiger partial charge in [0.1, 0.15) is 0 Å². The first kappa shape index (κ1) is 12.9. The Morgan fingerprint density at radius 2 is 2.14 bits per heavy atom. The number of carbonyl (C=O) groups is 1. The minimum Gasteiger partial charge on any atom is -0.336 e. The van der Waals surface area contributed by atoms with Crippen LogP contribution in [0, 0.1) is 0 Å². The van der Waals surface area contributed by atoms with E-state index < -0.39 is 0 Å². The second kappa shape index (κ2) is 6.41. The predicted octanol–water partition coefficient (Wildman–Crippen LogP) is 2.77. The molecule has 0 bridgehead atoms. The molecule has 0 aromatic carbocycles. The van der Waals surface area contributed by atoms with E-state index in [1.807, 2.05) is 4.90 Å². The summed E-state index contributed by atoms with van der Waals surface area (Å²) in [6.07, 6.45) is 3.82. The first-order valence-electron chi connectivity index (χ1n) is 5.10. The van der Waals surface area contributed by atoms with Gasteiger partial charge in [0.05, 0.1) is 0 Å². The van der Waals surface area contributed by atoms with E-state index in [4.69, 9.17) is 0 Å². The highest BCUT2D eigenvalue weighted by Gasteiger charge is 2.15. The van der Waals surface area contributed by atoms with Crippen LogP contribution in [0.25, 0.3) is 0 Å². The van der Waals surface area contributed by atoms with Gasteiger partial charge in [0, 0.05) is 19.5 Å². The van der Waals surface area contributed by atoms with E-state index in [2.05, 4.69) is 27.0 Å². The van der Waals surface area contributed by atoms with E-state index in [0.717, 1.165) is 18.4 Å². The number of carbonyl (C=O) groups excluding carboxylic acids is 1. The highest BCUT2D eigenvalue weighted by molar-refractivity contribution is 5.74. The summed E-state index contributed by atoms with van der Waals surface area (Å²) < 4.78 is 0. The zero-order valence-corrected chi connectivity index (χ0v) is 9.55. The van der Waals surface area contributed by atoms with Gasteiger partial charge in [0.25, 0.3) is 0 Å². The second-order valence-electron chi connectivity index (χ2n) is 3.65. The van der Waals surface area contributed by atoms with Gasteiger partial charge in [-0.3, -0.25) is 4.79 Å². The number of rotatable bonds is 6. The Balaban J connectivity index is 4.35. The van der Waals surface area contributed by atoms with Crippen molar-refractivity contribution in [3.63, 3.8) is 0 Å². The summed E-state index contributed by atoms with van der Waals surface area (Å²) >= 11 is 0. The van der Waals surface area contributed by atoms with Gasteiger partial charge in [-0.1, -0.05) is 32.6 Å². The summed E-state index contributed by atoms with van der Waals surface area (Å²) in [5.74, 6) is 0.106. The van der Waals surface area contributed by atoms with Crippen LogP contribution in [0.15, 0.2) is 24.8 Å². The van der Waals surface area contributed by atoms with Crippen molar-refractivity contribution in [1.82, 2.24) is 4.90 Å². The number of hydrogen-bond donors (Lipinski definition) is 0. The molecular formula is C12H21NO. The van der Waals surface area contributed by atoms with E-state index in [9.17, 15) is 4.79 Å². The maximum absolute atomic E-state index is 11.4. The molecule has 0 spiro atoms. The van der Waals surface area contributed by atoms with Gasteiger partial charge in [0.2, 0.25) is 5.91 Å². The van der Waals surface area contributed by atoms with Crippen molar-refractivity contribution in [3.8, 4) is 0 Å². The molecule has 14 heavy (non-hydrogen) atoms. The van der Waals surface area contributed by atoms with Crippen LogP contribution in [-0.4, -0.2) is 23.4 Å². The average molecular weight is 195 g/mol. The lowest BCUT2D eigenvalue weighted by molar-refractivity contribution is -0.130. The molecule has 0 aliphatic rings. The molecule has 0 saturated heterocycles. The molecule has 1 atom stereocenters. The number of amides is 1. The summed E-state index contributed by atoms with van der Waals surface area (Å²) in [5.41, 5.74) is 0.892. The minimum atomic E-state index is 0.106. The summed E-state index contributed by atoms with van der Waals surface area (Å²) in [6, 6.07) is 0.286. The standard InChI is InChI=1S/C12H21NO/c1-6-8-11(4)13(12(5)14)9-10(3)7-2/h7,11H,2-3,6,8-9H2,1,4-5H3. The molecular weight excluding hydrogens is 174 g/mol. The van der Waals surface area contributed by atoms with E-state index >= 15 is 0 Å². The summed E-state index contributed by atoms with van der Waals surface area (Å²) in [6.45, 7) is 13.9. The molecule has 2 heteroatoms. The Labute approximate surface area is 87.3 Å². The monoisotopic (exact) mass is 195 g/mol. The van der Waals surface area contributed by atoms with E-state index in [1.165, 1.54) is 0 Å². The Hall–Kier alpha value is -1.05. The lowest BCUT2D eigenvalue weighted by atomic mass is 10.1. The van der Waals surface area contributed by atoms with Crippen LogP contribution < -0.4 is 0 Å². The third-order valence-corrected chi connectivity index (χ3v) is 2.31. The lowest BCUT2D eigenvalue weighted by Crippen LogP contribution is -2.38. The number of hydrogen-bond acceptors (Lipinski definition) is 1. The summed E-state index contributed by atoms with van der Waals surface area (Å²) in [5, 5.41) is 0. The van der Waals surface area contributed by atoms with Gasteiger partial charge in [-0.25, -0.2) is 0 Å². The van der Waals surface area contributed by atoms with Crippen molar-refractivity contribution in [2.75, 3.05) is 6.54 Å². The second-order valence-corrected chi connectivity index (χ2v) is 3.65. The maximum Gasteiger partial charge on any atom is 0.219 e. The van der Waals surface area contributed by atoms with Crippen LogP contribution in [0.3, 0.4) is 0 Å². The Bertz CT molecular complexity index is 220. The van der Waals surface area contributed by atoms with Crippen molar-refractivity contribution in [2.24, 2.45) is 0 Å². The normalized spacial score (nSPS) is 11.9. The third kappa shape index (κ3) is 4.26. The molecule has 1 unspecified atom stereocenters. The Kier molecular flexibility index (Phi) is 5.93. The van der Waals surface area contributed by atoms with E-state index in [1.54, 1.807) is 13.0 Å². The fraction of sp³-hybridized carbons (Fsp3) is 0.583. The molecule has 0 N–H and O–H groups in total. The molecule has 0 radical (unpaired) electrons. The maximum atomic E-state index is 11.4. The van der Waals surface area contributed by atoms with Crippen LogP contribution in [0.4, 0.5) is 0 Å². The first-order valence-corrected chi connectivity index (χ1v) is 5.10. The van der Waals surface area contributed by atoms with Crippen molar-refractivity contribution in [3.05, 3.63) is 24.8 Å². The average Bonchev–Trinajstić information content (AvgIpc) is 2.13. The quantitative estimate of drug-likeness (QED) is 0.597. The fourth-order valence-corrected chi connectivity index (χ4v) is 1.43. The third-order valence-electron chi connectivity index (χ3n) is 2.31. The molecule has 80 valence electrons. The molecule has 0 aliphatic carbocycles. The van der Waals surface area contributed by atoms with Crippen molar-refractivity contribution >= 4 is 5.91 Å². The molecule has 1 amide bonds. The van der Waals surface area contributed by atoms with Crippen molar-refractivity contribution in [1.29, 1.82) is 0 Å². The Morgan fingerprint density at radius 3 is 2.50 bits per heavy atom. The van der Waals surface area contributed by atoms with Gasteiger partial charge in [-0.05, 0) is 18.9 Å². The van der Waals surface area contributed by atoms with Crippen molar-refractivity contribution < 1.29 is 4.79 Å². The molecule has 0 rings (SSSR count). The largest absolute Gasteiger partial charge is 0.336 e. The van der Waals surface area contributed by atoms with Gasteiger partial charge in [-0.15, -0.1) is 0 Å². The summed E-state index contributed by atoms with van der Waals surface area (Å²) in [7, 11) is 0. The topological polar surface area (TPSA) is 20.3 Å². The van der Waals surface area contributed by atoms with Gasteiger partial charge in [-0.2, -0.15) is 0 Å². The molecule has 2 nitrogen and oxygen atoms in total. The molecule has 0 aromatic heterocycles. The molecule has 0 aliphatic heterocycles. The van der Waals surface area contributed by atoms with Crippen LogP contribution in [0.2, 0.25) is 0 Å². The highest BCUT2D eigenvalue weighted by Crippen LogP contribution is 2.09. The van der Waals surface area contributed by atoms with E-state index in [0.29, 0.717) is 6.54 Å². The molecule has 0 saturated carbocycles. The Morgan fingerprint density at radius 1 is 1.57 bits per heavy atom.